The van der Waals surface area contributed by atoms with Crippen molar-refractivity contribution in [1.82, 2.24) is 5.32 Å². The Kier molecular flexibility index (Phi) is 7.47. The lowest BCUT2D eigenvalue weighted by Crippen LogP contribution is -2.21. The molecule has 0 amide bonds. The van der Waals surface area contributed by atoms with Crippen LogP contribution in [0.15, 0.2) is 66.7 Å². The first-order valence-corrected chi connectivity index (χ1v) is 9.63. The maximum atomic E-state index is 14.1. The van der Waals surface area contributed by atoms with Gasteiger partial charge in [-0.15, -0.1) is 0 Å². The first kappa shape index (κ1) is 21.1. The summed E-state index contributed by atoms with van der Waals surface area (Å²) in [5.41, 5.74) is 1.96. The van der Waals surface area contributed by atoms with Crippen LogP contribution in [0, 0.1) is 5.82 Å². The second-order valence-electron chi connectivity index (χ2n) is 6.49. The van der Waals surface area contributed by atoms with Crippen LogP contribution >= 0.6 is 11.6 Å². The number of methoxy groups -OCH3 is 1. The fraction of sp³-hybridized carbons (Fsp3) is 0.217. The van der Waals surface area contributed by atoms with Crippen molar-refractivity contribution in [2.75, 3.05) is 13.7 Å². The van der Waals surface area contributed by atoms with Crippen LogP contribution in [0.3, 0.4) is 0 Å². The molecule has 0 aromatic heterocycles. The highest BCUT2D eigenvalue weighted by Crippen LogP contribution is 2.33. The number of hydrogen-bond acceptors (Lipinski definition) is 4. The highest BCUT2D eigenvalue weighted by atomic mass is 35.5. The Balaban J connectivity index is 1.69. The van der Waals surface area contributed by atoms with Gasteiger partial charge in [0.25, 0.3) is 0 Å². The second-order valence-corrected chi connectivity index (χ2v) is 6.90. The highest BCUT2D eigenvalue weighted by molar-refractivity contribution is 6.31. The zero-order valence-corrected chi connectivity index (χ0v) is 16.8. The first-order chi connectivity index (χ1) is 14.1. The van der Waals surface area contributed by atoms with Gasteiger partial charge in [0, 0.05) is 24.2 Å². The predicted octanol–water partition coefficient (Wildman–Crippen LogP) is 4.89. The van der Waals surface area contributed by atoms with E-state index in [4.69, 9.17) is 21.1 Å². The molecule has 0 saturated heterocycles. The number of benzene rings is 3. The van der Waals surface area contributed by atoms with Crippen molar-refractivity contribution in [3.8, 4) is 11.5 Å². The number of hydrogen-bond donors (Lipinski definition) is 2. The Bertz CT molecular complexity index is 916. The van der Waals surface area contributed by atoms with Crippen molar-refractivity contribution in [2.24, 2.45) is 0 Å². The fourth-order valence-electron chi connectivity index (χ4n) is 2.98. The molecular weight excluding hydrogens is 393 g/mol. The van der Waals surface area contributed by atoms with Crippen LogP contribution in [0.25, 0.3) is 0 Å². The van der Waals surface area contributed by atoms with E-state index in [0.29, 0.717) is 35.2 Å². The van der Waals surface area contributed by atoms with E-state index < -0.39 is 11.9 Å². The van der Waals surface area contributed by atoms with Crippen LogP contribution in [-0.4, -0.2) is 18.8 Å². The zero-order valence-electron chi connectivity index (χ0n) is 16.1. The minimum atomic E-state index is -0.622. The topological polar surface area (TPSA) is 50.7 Å². The molecule has 0 spiro atoms. The SMILES string of the molecule is COc1cccc(CNCC(O)c2ccccc2)c1OCc1c(F)cccc1Cl. The van der Waals surface area contributed by atoms with E-state index in [2.05, 4.69) is 5.32 Å². The molecule has 3 aromatic carbocycles. The lowest BCUT2D eigenvalue weighted by atomic mass is 10.1. The van der Waals surface area contributed by atoms with Gasteiger partial charge in [-0.2, -0.15) is 0 Å². The average molecular weight is 416 g/mol. The van der Waals surface area contributed by atoms with Crippen molar-refractivity contribution in [1.29, 1.82) is 0 Å². The number of halogens is 2. The van der Waals surface area contributed by atoms with Crippen molar-refractivity contribution >= 4 is 11.6 Å². The van der Waals surface area contributed by atoms with Gasteiger partial charge in [0.15, 0.2) is 11.5 Å². The van der Waals surface area contributed by atoms with Gasteiger partial charge >= 0.3 is 0 Å². The maximum absolute atomic E-state index is 14.1. The van der Waals surface area contributed by atoms with E-state index in [0.717, 1.165) is 11.1 Å². The molecule has 2 N–H and O–H groups in total. The number of aliphatic hydroxyl groups is 1. The third kappa shape index (κ3) is 5.48. The van der Waals surface area contributed by atoms with Gasteiger partial charge in [-0.05, 0) is 23.8 Å². The van der Waals surface area contributed by atoms with Gasteiger partial charge in [-0.3, -0.25) is 0 Å². The Morgan fingerprint density at radius 3 is 2.52 bits per heavy atom. The van der Waals surface area contributed by atoms with E-state index in [-0.39, 0.29) is 6.61 Å². The second kappa shape index (κ2) is 10.3. The lowest BCUT2D eigenvalue weighted by Gasteiger charge is -2.17. The van der Waals surface area contributed by atoms with Crippen molar-refractivity contribution in [2.45, 2.75) is 19.3 Å². The molecule has 6 heteroatoms. The highest BCUT2D eigenvalue weighted by Gasteiger charge is 2.14. The number of nitrogens with one attached hydrogen (secondary N) is 1. The summed E-state index contributed by atoms with van der Waals surface area (Å²) in [6.45, 7) is 0.798. The largest absolute Gasteiger partial charge is 0.493 e. The minimum Gasteiger partial charge on any atom is -0.493 e. The van der Waals surface area contributed by atoms with E-state index in [1.165, 1.54) is 6.07 Å². The summed E-state index contributed by atoms with van der Waals surface area (Å²) < 4.78 is 25.4. The predicted molar refractivity (Wildman–Crippen MR) is 112 cm³/mol. The average Bonchev–Trinajstić information content (AvgIpc) is 2.74. The monoisotopic (exact) mass is 415 g/mol. The number of ether oxygens (including phenoxy) is 2. The van der Waals surface area contributed by atoms with Crippen molar-refractivity contribution < 1.29 is 19.0 Å². The summed E-state index contributed by atoms with van der Waals surface area (Å²) in [5.74, 6) is 0.634. The van der Waals surface area contributed by atoms with Crippen molar-refractivity contribution in [3.05, 3.63) is 94.3 Å². The van der Waals surface area contributed by atoms with Gasteiger partial charge in [0.05, 0.1) is 18.2 Å². The molecule has 29 heavy (non-hydrogen) atoms. The zero-order chi connectivity index (χ0) is 20.6. The molecule has 4 nitrogen and oxygen atoms in total. The molecule has 3 aromatic rings. The van der Waals surface area contributed by atoms with E-state index in [1.807, 2.05) is 42.5 Å². The molecule has 0 heterocycles. The summed E-state index contributed by atoms with van der Waals surface area (Å²) in [6, 6.07) is 19.5. The number of aliphatic hydroxyl groups excluding tert-OH is 1. The molecule has 0 saturated carbocycles. The molecule has 1 unspecified atom stereocenters. The van der Waals surface area contributed by atoms with Crippen LogP contribution in [-0.2, 0) is 13.2 Å². The minimum absolute atomic E-state index is 0.0223. The lowest BCUT2D eigenvalue weighted by molar-refractivity contribution is 0.174. The molecule has 152 valence electrons. The molecular formula is C23H23ClFNO3. The van der Waals surface area contributed by atoms with Crippen LogP contribution in [0.4, 0.5) is 4.39 Å². The molecule has 0 aliphatic heterocycles. The molecule has 0 fully saturated rings. The Morgan fingerprint density at radius 1 is 1.03 bits per heavy atom. The molecule has 1 atom stereocenters. The maximum Gasteiger partial charge on any atom is 0.166 e. The summed E-state index contributed by atoms with van der Waals surface area (Å²) in [4.78, 5) is 0. The quantitative estimate of drug-likeness (QED) is 0.522. The first-order valence-electron chi connectivity index (χ1n) is 9.25. The molecule has 3 rings (SSSR count). The Hall–Kier alpha value is -2.60. The van der Waals surface area contributed by atoms with Crippen LogP contribution in [0.1, 0.15) is 22.8 Å². The Morgan fingerprint density at radius 2 is 1.79 bits per heavy atom. The Labute approximate surface area is 174 Å². The molecule has 0 aliphatic carbocycles. The van der Waals surface area contributed by atoms with Crippen LogP contribution < -0.4 is 14.8 Å². The molecule has 0 aliphatic rings. The summed E-state index contributed by atoms with van der Waals surface area (Å²) >= 11 is 6.09. The van der Waals surface area contributed by atoms with Gasteiger partial charge in [-0.1, -0.05) is 60.1 Å². The van der Waals surface area contributed by atoms with E-state index >= 15 is 0 Å². The van der Waals surface area contributed by atoms with Gasteiger partial charge in [-0.25, -0.2) is 4.39 Å². The van der Waals surface area contributed by atoms with Crippen LogP contribution in [0.5, 0.6) is 11.5 Å². The standard InChI is InChI=1S/C23H23ClFNO3/c1-28-22-12-5-9-17(13-26-14-21(27)16-7-3-2-4-8-16)23(22)29-15-18-19(24)10-6-11-20(18)25/h2-12,21,26-27H,13-15H2,1H3. The van der Waals surface area contributed by atoms with Crippen LogP contribution in [0.2, 0.25) is 5.02 Å². The summed E-state index contributed by atoms with van der Waals surface area (Å²) in [7, 11) is 1.55. The van der Waals surface area contributed by atoms with Gasteiger partial charge in [0.2, 0.25) is 0 Å². The van der Waals surface area contributed by atoms with E-state index in [9.17, 15) is 9.50 Å². The van der Waals surface area contributed by atoms with Gasteiger partial charge < -0.3 is 19.9 Å². The van der Waals surface area contributed by atoms with Gasteiger partial charge in [0.1, 0.15) is 12.4 Å². The van der Waals surface area contributed by atoms with Crippen molar-refractivity contribution in [3.63, 3.8) is 0 Å². The summed E-state index contributed by atoms with van der Waals surface area (Å²) in [5, 5.41) is 13.8. The third-order valence-electron chi connectivity index (χ3n) is 4.54. The fourth-order valence-corrected chi connectivity index (χ4v) is 3.19. The third-order valence-corrected chi connectivity index (χ3v) is 4.89. The number of para-hydroxylation sites is 1. The van der Waals surface area contributed by atoms with E-state index in [1.54, 1.807) is 25.3 Å². The number of rotatable bonds is 9. The summed E-state index contributed by atoms with van der Waals surface area (Å²) in [6.07, 6.45) is -0.622. The molecule has 0 radical (unpaired) electrons. The molecule has 0 bridgehead atoms. The normalized spacial score (nSPS) is 11.9. The smallest absolute Gasteiger partial charge is 0.166 e.